The van der Waals surface area contributed by atoms with Gasteiger partial charge in [0, 0.05) is 36.5 Å². The number of ether oxygens (including phenoxy) is 1. The van der Waals surface area contributed by atoms with E-state index in [0.717, 1.165) is 37.2 Å². The number of aromatic nitrogens is 3. The molecule has 1 aliphatic carbocycles. The van der Waals surface area contributed by atoms with Gasteiger partial charge in [0.1, 0.15) is 39.8 Å². The molecule has 1 unspecified atom stereocenters. The number of hydrogen-bond acceptors (Lipinski definition) is 9. The lowest BCUT2D eigenvalue weighted by Crippen LogP contribution is -2.41. The summed E-state index contributed by atoms with van der Waals surface area (Å²) in [6.45, 7) is 6.50. The summed E-state index contributed by atoms with van der Waals surface area (Å²) < 4.78 is 7.77. The Morgan fingerprint density at radius 2 is 1.87 bits per heavy atom. The first-order valence-corrected chi connectivity index (χ1v) is 12.9. The summed E-state index contributed by atoms with van der Waals surface area (Å²) in [5, 5.41) is 33.0. The molecule has 0 spiro atoms. The van der Waals surface area contributed by atoms with E-state index in [9.17, 15) is 24.6 Å². The maximum atomic E-state index is 13.8. The van der Waals surface area contributed by atoms with Crippen LogP contribution in [0.1, 0.15) is 67.3 Å². The van der Waals surface area contributed by atoms with E-state index in [1.807, 2.05) is 28.8 Å². The van der Waals surface area contributed by atoms with Crippen molar-refractivity contribution in [3.05, 3.63) is 70.0 Å². The van der Waals surface area contributed by atoms with Gasteiger partial charge in [-0.15, -0.1) is 10.2 Å². The van der Waals surface area contributed by atoms with Gasteiger partial charge in [-0.2, -0.15) is 0 Å². The fourth-order valence-corrected chi connectivity index (χ4v) is 5.37. The van der Waals surface area contributed by atoms with Crippen molar-refractivity contribution < 1.29 is 29.3 Å². The van der Waals surface area contributed by atoms with Crippen LogP contribution in [0.25, 0.3) is 5.65 Å². The molecule has 1 aromatic carbocycles. The second-order valence-electron chi connectivity index (χ2n) is 10.2. The van der Waals surface area contributed by atoms with Gasteiger partial charge in [0.25, 0.3) is 0 Å². The highest BCUT2D eigenvalue weighted by Crippen LogP contribution is 2.57. The first kappa shape index (κ1) is 26.1. The van der Waals surface area contributed by atoms with Crippen LogP contribution in [-0.2, 0) is 21.4 Å². The van der Waals surface area contributed by atoms with Crippen molar-refractivity contribution in [2.45, 2.75) is 58.8 Å². The number of nitrogens with one attached hydrogen (secondary N) is 1. The third-order valence-electron chi connectivity index (χ3n) is 7.61. The van der Waals surface area contributed by atoms with E-state index in [-0.39, 0.29) is 39.5 Å². The van der Waals surface area contributed by atoms with Gasteiger partial charge in [-0.05, 0) is 52.7 Å². The summed E-state index contributed by atoms with van der Waals surface area (Å²) in [7, 11) is 0. The van der Waals surface area contributed by atoms with Gasteiger partial charge in [0.2, 0.25) is 0 Å². The second-order valence-corrected chi connectivity index (χ2v) is 10.2. The van der Waals surface area contributed by atoms with Crippen molar-refractivity contribution in [2.24, 2.45) is 0 Å². The third-order valence-corrected chi connectivity index (χ3v) is 7.61. The summed E-state index contributed by atoms with van der Waals surface area (Å²) in [5.41, 5.74) is -0.279. The van der Waals surface area contributed by atoms with Crippen molar-refractivity contribution in [1.82, 2.24) is 19.9 Å². The molecule has 202 valence electrons. The molecule has 10 nitrogen and oxygen atoms in total. The molecule has 0 radical (unpaired) electrons. The van der Waals surface area contributed by atoms with E-state index in [2.05, 4.69) is 15.5 Å². The average Bonchev–Trinajstić information content (AvgIpc) is 3.44. The van der Waals surface area contributed by atoms with Crippen LogP contribution in [0.3, 0.4) is 0 Å². The fourth-order valence-electron chi connectivity index (χ4n) is 5.37. The number of ketones is 3. The number of aryl methyl sites for hydroxylation is 1. The smallest absolute Gasteiger partial charge is 0.194 e. The van der Waals surface area contributed by atoms with Crippen molar-refractivity contribution in [3.63, 3.8) is 0 Å². The number of pyridine rings is 1. The molecule has 39 heavy (non-hydrogen) atoms. The number of allylic oxidation sites excluding steroid dienone is 4. The lowest BCUT2D eigenvalue weighted by Gasteiger charge is -2.29. The zero-order valence-corrected chi connectivity index (χ0v) is 22.3. The predicted molar refractivity (Wildman–Crippen MR) is 142 cm³/mol. The molecule has 3 aromatic rings. The molecule has 0 amide bonds. The lowest BCUT2D eigenvalue weighted by atomic mass is 9.70. The Morgan fingerprint density at radius 3 is 2.62 bits per heavy atom. The first-order valence-electron chi connectivity index (χ1n) is 12.9. The molecule has 1 aliphatic heterocycles. The first-order chi connectivity index (χ1) is 18.6. The van der Waals surface area contributed by atoms with Gasteiger partial charge in [0.05, 0.1) is 11.1 Å². The van der Waals surface area contributed by atoms with Gasteiger partial charge in [-0.3, -0.25) is 18.8 Å². The number of phenolic OH excluding ortho intramolecular Hbond substituents is 2. The van der Waals surface area contributed by atoms with Crippen molar-refractivity contribution >= 4 is 23.0 Å². The number of hydrogen-bond donors (Lipinski definition) is 3. The van der Waals surface area contributed by atoms with Crippen molar-refractivity contribution in [2.75, 3.05) is 6.54 Å². The second kappa shape index (κ2) is 9.68. The van der Waals surface area contributed by atoms with Crippen LogP contribution in [0.4, 0.5) is 0 Å². The molecular weight excluding hydrogens is 500 g/mol. The highest BCUT2D eigenvalue weighted by atomic mass is 16.5. The number of carbonyl (C=O) groups excluding carboxylic acids is 3. The van der Waals surface area contributed by atoms with Crippen LogP contribution in [0.2, 0.25) is 0 Å². The number of unbranched alkanes of at least 4 members (excludes halogenated alkanes) is 2. The molecule has 3 heterocycles. The summed E-state index contributed by atoms with van der Waals surface area (Å²) in [6.07, 6.45) is 6.59. The van der Waals surface area contributed by atoms with E-state index in [4.69, 9.17) is 4.74 Å². The Bertz CT molecular complexity index is 1620. The molecule has 5 rings (SSSR count). The number of nitrogens with zero attached hydrogens (tertiary/aromatic N) is 3. The molecule has 3 N–H and O–H groups in total. The van der Waals surface area contributed by atoms with Gasteiger partial charge in [-0.25, -0.2) is 0 Å². The molecule has 2 aromatic heterocycles. The molecule has 1 atom stereocenters. The van der Waals surface area contributed by atoms with E-state index >= 15 is 0 Å². The minimum absolute atomic E-state index is 0.0212. The Labute approximate surface area is 225 Å². The SMILES string of the molecule is CC(=O)c1c(O)c(C)c(O)c2c1OC1=CC(=O)C(=C(C)NCCCCCc3nnc4ccccn34)C(=O)C12C. The standard InChI is InChI=1S/C29H30N4O6/c1-15-25(36)23(17(3)34)27-24(26(15)37)29(4)19(39-27)14-18(35)22(28(29)38)16(2)30-12-8-5-6-10-20-31-32-21-11-7-9-13-33(20)21/h7,9,11,13-14,30,36-37H,5-6,8,10,12H2,1-4H3. The Morgan fingerprint density at radius 1 is 1.10 bits per heavy atom. The van der Waals surface area contributed by atoms with Crippen LogP contribution in [0.15, 0.2) is 47.5 Å². The summed E-state index contributed by atoms with van der Waals surface area (Å²) in [6, 6.07) is 5.77. The molecule has 0 saturated heterocycles. The number of fused-ring (bicyclic) bond motifs is 4. The van der Waals surface area contributed by atoms with Crippen LogP contribution < -0.4 is 10.1 Å². The Hall–Kier alpha value is -4.47. The van der Waals surface area contributed by atoms with E-state index in [0.29, 0.717) is 12.2 Å². The van der Waals surface area contributed by atoms with Crippen molar-refractivity contribution in [3.8, 4) is 17.2 Å². The molecular formula is C29H30N4O6. The molecule has 0 fully saturated rings. The van der Waals surface area contributed by atoms with Gasteiger partial charge in [0.15, 0.2) is 23.0 Å². The van der Waals surface area contributed by atoms with Gasteiger partial charge in [-0.1, -0.05) is 12.5 Å². The number of rotatable bonds is 8. The minimum Gasteiger partial charge on any atom is -0.507 e. The lowest BCUT2D eigenvalue weighted by molar-refractivity contribution is -0.123. The normalized spacial score (nSPS) is 19.4. The largest absolute Gasteiger partial charge is 0.507 e. The maximum Gasteiger partial charge on any atom is 0.194 e. The summed E-state index contributed by atoms with van der Waals surface area (Å²) >= 11 is 0. The number of phenols is 2. The maximum absolute atomic E-state index is 13.8. The van der Waals surface area contributed by atoms with E-state index in [1.54, 1.807) is 13.8 Å². The third kappa shape index (κ3) is 4.07. The van der Waals surface area contributed by atoms with Gasteiger partial charge >= 0.3 is 0 Å². The molecule has 2 aliphatic rings. The Balaban J connectivity index is 1.31. The van der Waals surface area contributed by atoms with E-state index in [1.165, 1.54) is 19.9 Å². The van der Waals surface area contributed by atoms with Crippen LogP contribution >= 0.6 is 0 Å². The van der Waals surface area contributed by atoms with Gasteiger partial charge < -0.3 is 20.3 Å². The highest BCUT2D eigenvalue weighted by molar-refractivity contribution is 6.31. The topological polar surface area (TPSA) is 143 Å². The number of carbonyl (C=O) groups is 3. The van der Waals surface area contributed by atoms with Crippen LogP contribution in [0, 0.1) is 6.92 Å². The van der Waals surface area contributed by atoms with E-state index < -0.39 is 28.5 Å². The molecule has 0 saturated carbocycles. The average molecular weight is 531 g/mol. The number of aromatic hydroxyl groups is 2. The predicted octanol–water partition coefficient (Wildman–Crippen LogP) is 3.61. The molecule has 0 bridgehead atoms. The quantitative estimate of drug-likeness (QED) is 0.172. The van der Waals surface area contributed by atoms with Crippen LogP contribution in [0.5, 0.6) is 17.2 Å². The fraction of sp³-hybridized carbons (Fsp3) is 0.345. The monoisotopic (exact) mass is 530 g/mol. The highest BCUT2D eigenvalue weighted by Gasteiger charge is 2.56. The number of Topliss-reactive ketones (excluding diaryl/α,β-unsaturated/α-hetero) is 2. The summed E-state index contributed by atoms with van der Waals surface area (Å²) in [4.78, 5) is 39.2. The number of benzene rings is 1. The zero-order valence-electron chi connectivity index (χ0n) is 22.3. The zero-order chi connectivity index (χ0) is 28.1. The van der Waals surface area contributed by atoms with Crippen molar-refractivity contribution in [1.29, 1.82) is 0 Å². The molecule has 10 heteroatoms. The van der Waals surface area contributed by atoms with Crippen LogP contribution in [-0.4, -0.2) is 48.7 Å². The Kier molecular flexibility index (Phi) is 6.49. The summed E-state index contributed by atoms with van der Waals surface area (Å²) in [5.74, 6) is -1.46. The minimum atomic E-state index is -1.52.